The number of ether oxygens (including phenoxy) is 2. The zero-order valence-electron chi connectivity index (χ0n) is 22.4. The molecule has 0 spiro atoms. The Morgan fingerprint density at radius 3 is 2.38 bits per heavy atom. The molecule has 0 fully saturated rings. The molecule has 8 nitrogen and oxygen atoms in total. The van der Waals surface area contributed by atoms with Crippen LogP contribution < -0.4 is 15.5 Å². The summed E-state index contributed by atoms with van der Waals surface area (Å²) < 4.78 is 12.8. The SMILES string of the molecule is CC(=O)NC(CCC(=O)O)(CCc1ccc2c(=O)c3cc(OCc4ccccc4)ccc3sc2c1)COC(C)=O. The van der Waals surface area contributed by atoms with Crippen LogP contribution in [0.15, 0.2) is 71.5 Å². The number of hydrogen-bond donors (Lipinski definition) is 2. The molecule has 0 saturated carbocycles. The van der Waals surface area contributed by atoms with Gasteiger partial charge in [-0.25, -0.2) is 0 Å². The first-order valence-electron chi connectivity index (χ1n) is 12.9. The van der Waals surface area contributed by atoms with Crippen molar-refractivity contribution in [2.24, 2.45) is 0 Å². The molecule has 40 heavy (non-hydrogen) atoms. The Bertz CT molecular complexity index is 1580. The highest BCUT2D eigenvalue weighted by Gasteiger charge is 2.33. The molecule has 1 aromatic heterocycles. The number of benzene rings is 3. The number of aliphatic carboxylic acids is 1. The topological polar surface area (TPSA) is 119 Å². The lowest BCUT2D eigenvalue weighted by molar-refractivity contribution is -0.145. The minimum Gasteiger partial charge on any atom is -0.489 e. The molecular weight excluding hydrogens is 530 g/mol. The summed E-state index contributed by atoms with van der Waals surface area (Å²) in [6.45, 7) is 2.89. The molecule has 208 valence electrons. The Morgan fingerprint density at radius 2 is 1.68 bits per heavy atom. The predicted molar refractivity (Wildman–Crippen MR) is 155 cm³/mol. The summed E-state index contributed by atoms with van der Waals surface area (Å²) in [5.41, 5.74) is 0.844. The second-order valence-corrected chi connectivity index (χ2v) is 10.9. The highest BCUT2D eigenvalue weighted by atomic mass is 32.1. The molecule has 1 atom stereocenters. The number of hydrogen-bond acceptors (Lipinski definition) is 7. The Hall–Kier alpha value is -4.24. The molecule has 9 heteroatoms. The number of carboxylic acid groups (broad SMARTS) is 1. The Morgan fingerprint density at radius 1 is 0.900 bits per heavy atom. The monoisotopic (exact) mass is 561 g/mol. The van der Waals surface area contributed by atoms with Crippen LogP contribution in [0.2, 0.25) is 0 Å². The molecule has 0 aliphatic rings. The Kier molecular flexibility index (Phi) is 9.16. The maximum atomic E-state index is 13.4. The third-order valence-corrected chi connectivity index (χ3v) is 7.79. The fourth-order valence-corrected chi connectivity index (χ4v) is 5.75. The lowest BCUT2D eigenvalue weighted by Gasteiger charge is -2.34. The lowest BCUT2D eigenvalue weighted by Crippen LogP contribution is -2.52. The van der Waals surface area contributed by atoms with E-state index >= 15 is 0 Å². The molecule has 0 bridgehead atoms. The summed E-state index contributed by atoms with van der Waals surface area (Å²) in [6, 6.07) is 20.9. The number of esters is 1. The van der Waals surface area contributed by atoms with E-state index in [0.717, 1.165) is 20.5 Å². The highest BCUT2D eigenvalue weighted by Crippen LogP contribution is 2.30. The van der Waals surface area contributed by atoms with Crippen molar-refractivity contribution in [1.29, 1.82) is 0 Å². The second kappa shape index (κ2) is 12.7. The summed E-state index contributed by atoms with van der Waals surface area (Å²) in [7, 11) is 0. The standard InChI is InChI=1S/C31H31NO7S/c1-20(33)32-31(15-13-29(35)36,19-39-21(2)34)14-12-22-8-10-25-28(16-22)40-27-11-9-24(17-26(27)30(25)37)38-18-23-6-4-3-5-7-23/h3-11,16-17H,12-15,18-19H2,1-2H3,(H,32,33)(H,35,36). The van der Waals surface area contributed by atoms with Crippen LogP contribution in [0, 0.1) is 0 Å². The van der Waals surface area contributed by atoms with E-state index in [1.165, 1.54) is 25.2 Å². The third-order valence-electron chi connectivity index (χ3n) is 6.66. The molecular formula is C31H31NO7S. The van der Waals surface area contributed by atoms with Crippen molar-refractivity contribution in [3.05, 3.63) is 88.1 Å². The van der Waals surface area contributed by atoms with Gasteiger partial charge in [-0.2, -0.15) is 0 Å². The average Bonchev–Trinajstić information content (AvgIpc) is 2.93. The van der Waals surface area contributed by atoms with Crippen LogP contribution in [-0.4, -0.2) is 35.1 Å². The molecule has 4 rings (SSSR count). The van der Waals surface area contributed by atoms with Gasteiger partial charge in [0.1, 0.15) is 19.0 Å². The summed E-state index contributed by atoms with van der Waals surface area (Å²) in [5.74, 6) is -1.23. The van der Waals surface area contributed by atoms with Crippen molar-refractivity contribution in [3.63, 3.8) is 0 Å². The normalized spacial score (nSPS) is 12.6. The van der Waals surface area contributed by atoms with Gasteiger partial charge in [0, 0.05) is 40.4 Å². The number of nitrogens with one attached hydrogen (secondary N) is 1. The Labute approximate surface area is 235 Å². The van der Waals surface area contributed by atoms with Crippen molar-refractivity contribution < 1.29 is 29.0 Å². The van der Waals surface area contributed by atoms with Gasteiger partial charge in [0.05, 0.1) is 5.54 Å². The smallest absolute Gasteiger partial charge is 0.303 e. The Balaban J connectivity index is 1.58. The van der Waals surface area contributed by atoms with Gasteiger partial charge >= 0.3 is 11.9 Å². The number of carbonyl (C=O) groups is 3. The van der Waals surface area contributed by atoms with Gasteiger partial charge in [0.15, 0.2) is 5.43 Å². The van der Waals surface area contributed by atoms with E-state index in [0.29, 0.717) is 36.0 Å². The number of amides is 1. The fourth-order valence-electron chi connectivity index (χ4n) is 4.64. The lowest BCUT2D eigenvalue weighted by atomic mass is 9.87. The van der Waals surface area contributed by atoms with Gasteiger partial charge in [-0.05, 0) is 60.7 Å². The summed E-state index contributed by atoms with van der Waals surface area (Å²) in [5, 5.41) is 13.3. The van der Waals surface area contributed by atoms with Crippen LogP contribution in [-0.2, 0) is 32.1 Å². The zero-order chi connectivity index (χ0) is 28.7. The first-order chi connectivity index (χ1) is 19.1. The quantitative estimate of drug-likeness (QED) is 0.180. The number of carbonyl (C=O) groups excluding carboxylic acids is 2. The first-order valence-corrected chi connectivity index (χ1v) is 13.8. The first kappa shape index (κ1) is 28.8. The summed E-state index contributed by atoms with van der Waals surface area (Å²) >= 11 is 1.50. The van der Waals surface area contributed by atoms with E-state index in [1.807, 2.05) is 54.6 Å². The fraction of sp³-hybridized carbons (Fsp3) is 0.290. The van der Waals surface area contributed by atoms with Crippen molar-refractivity contribution in [3.8, 4) is 5.75 Å². The van der Waals surface area contributed by atoms with Crippen molar-refractivity contribution in [2.45, 2.75) is 51.7 Å². The molecule has 1 heterocycles. The van der Waals surface area contributed by atoms with E-state index in [9.17, 15) is 24.3 Å². The highest BCUT2D eigenvalue weighted by molar-refractivity contribution is 7.24. The van der Waals surface area contributed by atoms with Gasteiger partial charge in [0.25, 0.3) is 0 Å². The largest absolute Gasteiger partial charge is 0.489 e. The number of carboxylic acids is 1. The number of aryl methyl sites for hydroxylation is 1. The van der Waals surface area contributed by atoms with Gasteiger partial charge in [0.2, 0.25) is 5.91 Å². The van der Waals surface area contributed by atoms with Gasteiger partial charge in [-0.15, -0.1) is 11.3 Å². The van der Waals surface area contributed by atoms with E-state index in [2.05, 4.69) is 5.32 Å². The molecule has 1 unspecified atom stereocenters. The van der Waals surface area contributed by atoms with Gasteiger partial charge in [-0.1, -0.05) is 36.4 Å². The van der Waals surface area contributed by atoms with Crippen molar-refractivity contribution in [2.75, 3.05) is 6.61 Å². The predicted octanol–water partition coefficient (Wildman–Crippen LogP) is 5.23. The molecule has 4 aromatic rings. The minimum atomic E-state index is -1.03. The van der Waals surface area contributed by atoms with Gasteiger partial charge in [-0.3, -0.25) is 19.2 Å². The minimum absolute atomic E-state index is 0.0793. The number of rotatable bonds is 12. The molecule has 0 aliphatic heterocycles. The molecule has 2 N–H and O–H groups in total. The molecule has 1 amide bonds. The van der Waals surface area contributed by atoms with Crippen LogP contribution in [0.25, 0.3) is 20.2 Å². The molecule has 3 aromatic carbocycles. The van der Waals surface area contributed by atoms with Crippen molar-refractivity contribution >= 4 is 49.4 Å². The molecule has 0 radical (unpaired) electrons. The maximum absolute atomic E-state index is 13.4. The average molecular weight is 562 g/mol. The van der Waals surface area contributed by atoms with E-state index < -0.39 is 17.5 Å². The maximum Gasteiger partial charge on any atom is 0.303 e. The van der Waals surface area contributed by atoms with Crippen LogP contribution in [0.1, 0.15) is 44.2 Å². The summed E-state index contributed by atoms with van der Waals surface area (Å²) in [6.07, 6.45) is 0.741. The van der Waals surface area contributed by atoms with E-state index in [-0.39, 0.29) is 30.8 Å². The van der Waals surface area contributed by atoms with E-state index in [4.69, 9.17) is 9.47 Å². The van der Waals surface area contributed by atoms with Crippen LogP contribution in [0.5, 0.6) is 5.75 Å². The van der Waals surface area contributed by atoms with Crippen LogP contribution >= 0.6 is 11.3 Å². The third kappa shape index (κ3) is 7.45. The molecule has 0 aliphatic carbocycles. The van der Waals surface area contributed by atoms with Gasteiger partial charge < -0.3 is 19.9 Å². The zero-order valence-corrected chi connectivity index (χ0v) is 23.2. The van der Waals surface area contributed by atoms with Crippen LogP contribution in [0.4, 0.5) is 0 Å². The number of fused-ring (bicyclic) bond motifs is 2. The van der Waals surface area contributed by atoms with Crippen molar-refractivity contribution in [1.82, 2.24) is 5.32 Å². The van der Waals surface area contributed by atoms with E-state index in [1.54, 1.807) is 12.1 Å². The molecule has 0 saturated heterocycles. The summed E-state index contributed by atoms with van der Waals surface area (Å²) in [4.78, 5) is 48.2. The second-order valence-electron chi connectivity index (χ2n) is 9.83. The van der Waals surface area contributed by atoms with Crippen LogP contribution in [0.3, 0.4) is 0 Å².